The lowest BCUT2D eigenvalue weighted by atomic mass is 9.92. The average molecular weight is 340 g/mol. The smallest absolute Gasteiger partial charge is 0.205 e. The Labute approximate surface area is 125 Å². The zero-order valence-corrected chi connectivity index (χ0v) is 11.1. The quantitative estimate of drug-likeness (QED) is 0.561. The van der Waals surface area contributed by atoms with Crippen LogP contribution in [-0.2, 0) is 12.4 Å². The van der Waals surface area contributed by atoms with Gasteiger partial charge in [0, 0.05) is 5.56 Å². The fourth-order valence-electron chi connectivity index (χ4n) is 2.25. The Morgan fingerprint density at radius 3 is 1.61 bits per heavy atom. The third kappa shape index (κ3) is 3.46. The van der Waals surface area contributed by atoms with Gasteiger partial charge in [0.05, 0.1) is 11.1 Å². The molecule has 0 radical (unpaired) electrons. The van der Waals surface area contributed by atoms with Crippen molar-refractivity contribution in [3.05, 3.63) is 59.2 Å². The minimum Gasteiger partial charge on any atom is -0.205 e. The minimum absolute atomic E-state index is 0.418. The van der Waals surface area contributed by atoms with E-state index in [1.807, 2.05) is 0 Å². The normalized spacial score (nSPS) is 12.7. The first-order valence-corrected chi connectivity index (χ1v) is 6.18. The van der Waals surface area contributed by atoms with Gasteiger partial charge in [-0.15, -0.1) is 0 Å². The van der Waals surface area contributed by atoms with Crippen LogP contribution in [0.2, 0.25) is 0 Å². The monoisotopic (exact) mass is 340 g/mol. The molecular formula is C15H8F8. The molecule has 0 spiro atoms. The molecule has 0 aromatic heterocycles. The molecule has 2 rings (SSSR count). The first kappa shape index (κ1) is 17.2. The maximum Gasteiger partial charge on any atom is 0.417 e. The predicted octanol–water partition coefficient (Wildman–Crippen LogP) is 6.33. The Balaban J connectivity index is 2.81. The zero-order chi connectivity index (χ0) is 17.4. The molecule has 0 nitrogen and oxygen atoms in total. The zero-order valence-electron chi connectivity index (χ0n) is 11.1. The molecule has 8 heteroatoms. The highest BCUT2D eigenvalue weighted by atomic mass is 19.4. The number of benzene rings is 2. The third-order valence-corrected chi connectivity index (χ3v) is 3.15. The lowest BCUT2D eigenvalue weighted by Gasteiger charge is -2.19. The van der Waals surface area contributed by atoms with Gasteiger partial charge in [-0.1, -0.05) is 30.3 Å². The minimum atomic E-state index is -5.10. The largest absolute Gasteiger partial charge is 0.417 e. The summed E-state index contributed by atoms with van der Waals surface area (Å²) >= 11 is 0. The number of hydrogen-bond donors (Lipinski definition) is 0. The number of hydrogen-bond acceptors (Lipinski definition) is 0. The molecule has 0 aliphatic rings. The number of halogens is 8. The summed E-state index contributed by atoms with van der Waals surface area (Å²) in [5.41, 5.74) is -5.90. The predicted molar refractivity (Wildman–Crippen MR) is 66.8 cm³/mol. The van der Waals surface area contributed by atoms with Gasteiger partial charge < -0.3 is 0 Å². The Hall–Kier alpha value is -2.12. The standard InChI is InChI=1S/C15H8F8/c16-13(17)12-9(5-3-7-11(12)15(21,22)23)8-4-1-2-6-10(8)14(18,19)20/h1-7,13H. The van der Waals surface area contributed by atoms with Gasteiger partial charge in [-0.25, -0.2) is 8.78 Å². The van der Waals surface area contributed by atoms with Crippen molar-refractivity contribution in [2.45, 2.75) is 18.8 Å². The van der Waals surface area contributed by atoms with E-state index in [2.05, 4.69) is 0 Å². The van der Waals surface area contributed by atoms with E-state index in [0.29, 0.717) is 12.1 Å². The topological polar surface area (TPSA) is 0 Å². The second-order valence-electron chi connectivity index (χ2n) is 4.61. The Kier molecular flexibility index (Phi) is 4.37. The maximum absolute atomic E-state index is 13.2. The number of alkyl halides is 8. The maximum atomic E-state index is 13.2. The molecule has 2 aromatic carbocycles. The van der Waals surface area contributed by atoms with Crippen LogP contribution in [0.4, 0.5) is 35.1 Å². The third-order valence-electron chi connectivity index (χ3n) is 3.15. The Bertz CT molecular complexity index is 697. The fraction of sp³-hybridized carbons (Fsp3) is 0.200. The summed E-state index contributed by atoms with van der Waals surface area (Å²) in [5, 5.41) is 0. The molecule has 0 aliphatic carbocycles. The summed E-state index contributed by atoms with van der Waals surface area (Å²) in [6, 6.07) is 5.71. The van der Waals surface area contributed by atoms with Crippen molar-refractivity contribution in [3.63, 3.8) is 0 Å². The van der Waals surface area contributed by atoms with Crippen molar-refractivity contribution in [1.29, 1.82) is 0 Å². The molecule has 0 atom stereocenters. The van der Waals surface area contributed by atoms with E-state index in [1.54, 1.807) is 0 Å². The molecular weight excluding hydrogens is 332 g/mol. The summed E-state index contributed by atoms with van der Waals surface area (Å²) < 4.78 is 104. The summed E-state index contributed by atoms with van der Waals surface area (Å²) in [6.07, 6.45) is -13.6. The van der Waals surface area contributed by atoms with E-state index >= 15 is 0 Å². The molecule has 0 saturated heterocycles. The van der Waals surface area contributed by atoms with Gasteiger partial charge in [-0.05, 0) is 23.3 Å². The highest BCUT2D eigenvalue weighted by Crippen LogP contribution is 2.44. The molecule has 0 aliphatic heterocycles. The molecule has 124 valence electrons. The van der Waals surface area contributed by atoms with Gasteiger partial charge in [-0.2, -0.15) is 26.3 Å². The van der Waals surface area contributed by atoms with Crippen LogP contribution in [0.1, 0.15) is 23.1 Å². The van der Waals surface area contributed by atoms with Gasteiger partial charge in [0.2, 0.25) is 0 Å². The molecule has 0 unspecified atom stereocenters. The van der Waals surface area contributed by atoms with Crippen molar-refractivity contribution >= 4 is 0 Å². The van der Waals surface area contributed by atoms with E-state index in [0.717, 1.165) is 30.3 Å². The summed E-state index contributed by atoms with van der Waals surface area (Å²) in [6.45, 7) is 0. The SMILES string of the molecule is FC(F)c1c(-c2ccccc2C(F)(F)F)cccc1C(F)(F)F. The van der Waals surface area contributed by atoms with Gasteiger partial charge in [0.25, 0.3) is 6.43 Å². The first-order valence-electron chi connectivity index (χ1n) is 6.18. The van der Waals surface area contributed by atoms with E-state index in [1.165, 1.54) is 0 Å². The molecule has 23 heavy (non-hydrogen) atoms. The van der Waals surface area contributed by atoms with Crippen molar-refractivity contribution < 1.29 is 35.1 Å². The highest BCUT2D eigenvalue weighted by molar-refractivity contribution is 5.73. The highest BCUT2D eigenvalue weighted by Gasteiger charge is 2.39. The van der Waals surface area contributed by atoms with Crippen LogP contribution in [0.3, 0.4) is 0 Å². The van der Waals surface area contributed by atoms with Crippen LogP contribution in [0, 0.1) is 0 Å². The molecule has 0 saturated carbocycles. The molecule has 0 fully saturated rings. The van der Waals surface area contributed by atoms with Crippen molar-refractivity contribution in [2.24, 2.45) is 0 Å². The van der Waals surface area contributed by atoms with Gasteiger partial charge in [0.1, 0.15) is 0 Å². The Morgan fingerprint density at radius 2 is 1.09 bits per heavy atom. The van der Waals surface area contributed by atoms with Crippen molar-refractivity contribution in [3.8, 4) is 11.1 Å². The van der Waals surface area contributed by atoms with E-state index in [-0.39, 0.29) is 0 Å². The molecule has 0 N–H and O–H groups in total. The van der Waals surface area contributed by atoms with Crippen LogP contribution in [0.15, 0.2) is 42.5 Å². The van der Waals surface area contributed by atoms with E-state index in [9.17, 15) is 35.1 Å². The van der Waals surface area contributed by atoms with E-state index < -0.39 is 46.6 Å². The summed E-state index contributed by atoms with van der Waals surface area (Å²) in [7, 11) is 0. The first-order chi connectivity index (χ1) is 10.5. The summed E-state index contributed by atoms with van der Waals surface area (Å²) in [5.74, 6) is 0. The molecule has 2 aromatic rings. The fourth-order valence-corrected chi connectivity index (χ4v) is 2.25. The van der Waals surface area contributed by atoms with Crippen LogP contribution in [0.25, 0.3) is 11.1 Å². The number of rotatable bonds is 2. The van der Waals surface area contributed by atoms with Gasteiger partial charge >= 0.3 is 12.4 Å². The van der Waals surface area contributed by atoms with Crippen molar-refractivity contribution in [2.75, 3.05) is 0 Å². The van der Waals surface area contributed by atoms with Gasteiger partial charge in [0.15, 0.2) is 0 Å². The molecule has 0 bridgehead atoms. The second-order valence-corrected chi connectivity index (χ2v) is 4.61. The van der Waals surface area contributed by atoms with Crippen LogP contribution in [-0.4, -0.2) is 0 Å². The molecule has 0 amide bonds. The molecule has 0 heterocycles. The Morgan fingerprint density at radius 1 is 0.609 bits per heavy atom. The van der Waals surface area contributed by atoms with Crippen LogP contribution in [0.5, 0.6) is 0 Å². The van der Waals surface area contributed by atoms with E-state index in [4.69, 9.17) is 0 Å². The lowest BCUT2D eigenvalue weighted by molar-refractivity contribution is -0.139. The second kappa shape index (κ2) is 5.82. The lowest BCUT2D eigenvalue weighted by Crippen LogP contribution is -2.12. The van der Waals surface area contributed by atoms with Crippen LogP contribution >= 0.6 is 0 Å². The van der Waals surface area contributed by atoms with Gasteiger partial charge in [-0.3, -0.25) is 0 Å². The average Bonchev–Trinajstić information content (AvgIpc) is 2.44. The van der Waals surface area contributed by atoms with Crippen LogP contribution < -0.4 is 0 Å². The summed E-state index contributed by atoms with van der Waals surface area (Å²) in [4.78, 5) is 0. The van der Waals surface area contributed by atoms with Crippen molar-refractivity contribution in [1.82, 2.24) is 0 Å².